The third-order valence-corrected chi connectivity index (χ3v) is 3.92. The minimum Gasteiger partial charge on any atom is -0.481 e. The third-order valence-electron chi connectivity index (χ3n) is 3.92. The van der Waals surface area contributed by atoms with E-state index in [9.17, 15) is 9.59 Å². The standard InChI is InChI=1S/C17H20N4O3/c22-14(6-1-2-7-15(23)24)18-13-5-3-4-12(10-13)17-19-16(20-21-17)11-8-9-11/h3-5,10-11H,1-2,6-9H2,(H,18,22)(H,23,24)(H,19,20,21). The first kappa shape index (κ1) is 16.2. The van der Waals surface area contributed by atoms with Crippen LogP contribution in [0.3, 0.4) is 0 Å². The lowest BCUT2D eigenvalue weighted by atomic mass is 10.1. The number of aromatic amines is 1. The van der Waals surface area contributed by atoms with Crippen LogP contribution >= 0.6 is 0 Å². The lowest BCUT2D eigenvalue weighted by Crippen LogP contribution is -2.11. The minimum absolute atomic E-state index is 0.0942. The first-order chi connectivity index (χ1) is 11.6. The molecule has 1 aliphatic rings. The second-order valence-electron chi connectivity index (χ2n) is 6.05. The first-order valence-corrected chi connectivity index (χ1v) is 8.16. The summed E-state index contributed by atoms with van der Waals surface area (Å²) in [5.74, 6) is 1.12. The largest absolute Gasteiger partial charge is 0.481 e. The van der Waals surface area contributed by atoms with Gasteiger partial charge in [0.1, 0.15) is 5.82 Å². The third kappa shape index (κ3) is 4.41. The molecule has 3 N–H and O–H groups in total. The van der Waals surface area contributed by atoms with Gasteiger partial charge in [-0.05, 0) is 37.8 Å². The first-order valence-electron chi connectivity index (χ1n) is 8.16. The number of hydrogen-bond acceptors (Lipinski definition) is 4. The summed E-state index contributed by atoms with van der Waals surface area (Å²) in [6, 6.07) is 7.41. The van der Waals surface area contributed by atoms with Gasteiger partial charge in [0.05, 0.1) is 0 Å². The molecule has 0 spiro atoms. The monoisotopic (exact) mass is 328 g/mol. The van der Waals surface area contributed by atoms with Crippen LogP contribution in [0.25, 0.3) is 11.4 Å². The number of rotatable bonds is 8. The van der Waals surface area contributed by atoms with Gasteiger partial charge in [0.25, 0.3) is 0 Å². The fourth-order valence-corrected chi connectivity index (χ4v) is 2.46. The van der Waals surface area contributed by atoms with E-state index in [4.69, 9.17) is 5.11 Å². The van der Waals surface area contributed by atoms with Crippen LogP contribution in [0.4, 0.5) is 5.69 Å². The van der Waals surface area contributed by atoms with Gasteiger partial charge in [-0.2, -0.15) is 5.10 Å². The number of amides is 1. The topological polar surface area (TPSA) is 108 Å². The van der Waals surface area contributed by atoms with E-state index in [2.05, 4.69) is 20.5 Å². The Morgan fingerprint density at radius 1 is 1.25 bits per heavy atom. The van der Waals surface area contributed by atoms with Crippen LogP contribution < -0.4 is 5.32 Å². The molecule has 0 bridgehead atoms. The number of nitrogens with one attached hydrogen (secondary N) is 2. The highest BCUT2D eigenvalue weighted by atomic mass is 16.4. The number of unbranched alkanes of at least 4 members (excludes halogenated alkanes) is 1. The number of carboxylic acid groups (broad SMARTS) is 1. The number of carbonyl (C=O) groups is 2. The average Bonchev–Trinajstić information content (AvgIpc) is 3.29. The van der Waals surface area contributed by atoms with E-state index in [-0.39, 0.29) is 12.3 Å². The predicted molar refractivity (Wildman–Crippen MR) is 88.5 cm³/mol. The van der Waals surface area contributed by atoms with Crippen molar-refractivity contribution in [2.45, 2.75) is 44.4 Å². The van der Waals surface area contributed by atoms with E-state index < -0.39 is 5.97 Å². The summed E-state index contributed by atoms with van der Waals surface area (Å²) < 4.78 is 0. The SMILES string of the molecule is O=C(O)CCCCC(=O)Nc1cccc(-c2n[nH]c(C3CC3)n2)c1. The maximum Gasteiger partial charge on any atom is 0.303 e. The minimum atomic E-state index is -0.833. The van der Waals surface area contributed by atoms with Gasteiger partial charge < -0.3 is 10.4 Å². The summed E-state index contributed by atoms with van der Waals surface area (Å²) in [4.78, 5) is 26.9. The highest BCUT2D eigenvalue weighted by Crippen LogP contribution is 2.38. The quantitative estimate of drug-likeness (QED) is 0.646. The van der Waals surface area contributed by atoms with Crippen molar-refractivity contribution in [3.63, 3.8) is 0 Å². The van der Waals surface area contributed by atoms with Crippen LogP contribution in [-0.2, 0) is 9.59 Å². The Morgan fingerprint density at radius 3 is 2.79 bits per heavy atom. The number of aliphatic carboxylic acids is 1. The smallest absolute Gasteiger partial charge is 0.303 e. The zero-order valence-electron chi connectivity index (χ0n) is 13.3. The molecule has 1 aromatic carbocycles. The molecule has 0 radical (unpaired) electrons. The van der Waals surface area contributed by atoms with Crippen LogP contribution in [0.5, 0.6) is 0 Å². The number of nitrogens with zero attached hydrogens (tertiary/aromatic N) is 2. The lowest BCUT2D eigenvalue weighted by Gasteiger charge is -2.06. The molecule has 1 aliphatic carbocycles. The van der Waals surface area contributed by atoms with Crippen molar-refractivity contribution in [1.82, 2.24) is 15.2 Å². The molecule has 1 saturated carbocycles. The lowest BCUT2D eigenvalue weighted by molar-refractivity contribution is -0.137. The Balaban J connectivity index is 1.56. The Hall–Kier alpha value is -2.70. The van der Waals surface area contributed by atoms with E-state index in [1.807, 2.05) is 24.3 Å². The van der Waals surface area contributed by atoms with Gasteiger partial charge in [-0.1, -0.05) is 12.1 Å². The zero-order valence-corrected chi connectivity index (χ0v) is 13.3. The molecule has 1 aromatic heterocycles. The second-order valence-corrected chi connectivity index (χ2v) is 6.05. The molecule has 2 aromatic rings. The number of benzene rings is 1. The molecule has 0 aliphatic heterocycles. The fourth-order valence-electron chi connectivity index (χ4n) is 2.46. The number of carboxylic acids is 1. The molecule has 0 saturated heterocycles. The number of carbonyl (C=O) groups excluding carboxylic acids is 1. The van der Waals surface area contributed by atoms with Crippen molar-refractivity contribution in [2.75, 3.05) is 5.32 Å². The van der Waals surface area contributed by atoms with E-state index in [1.165, 1.54) is 0 Å². The van der Waals surface area contributed by atoms with Crippen LogP contribution in [0.15, 0.2) is 24.3 Å². The molecule has 24 heavy (non-hydrogen) atoms. The Kier molecular flexibility index (Phi) is 4.88. The normalized spacial score (nSPS) is 13.7. The van der Waals surface area contributed by atoms with Crippen LogP contribution in [0, 0.1) is 0 Å². The van der Waals surface area contributed by atoms with Gasteiger partial charge in [0, 0.05) is 30.0 Å². The Labute approximate surface area is 139 Å². The summed E-state index contributed by atoms with van der Waals surface area (Å²) in [5, 5.41) is 18.6. The predicted octanol–water partition coefficient (Wildman–Crippen LogP) is 2.93. The van der Waals surface area contributed by atoms with Crippen molar-refractivity contribution in [2.24, 2.45) is 0 Å². The highest BCUT2D eigenvalue weighted by molar-refractivity contribution is 5.91. The molecule has 0 atom stereocenters. The van der Waals surface area contributed by atoms with Gasteiger partial charge >= 0.3 is 5.97 Å². The van der Waals surface area contributed by atoms with Crippen molar-refractivity contribution in [1.29, 1.82) is 0 Å². The highest BCUT2D eigenvalue weighted by Gasteiger charge is 2.27. The van der Waals surface area contributed by atoms with Gasteiger partial charge in [0.2, 0.25) is 5.91 Å². The van der Waals surface area contributed by atoms with Gasteiger partial charge in [-0.3, -0.25) is 14.7 Å². The summed E-state index contributed by atoms with van der Waals surface area (Å²) in [6.07, 6.45) is 3.79. The van der Waals surface area contributed by atoms with E-state index in [0.717, 1.165) is 24.2 Å². The molecule has 1 amide bonds. The summed E-state index contributed by atoms with van der Waals surface area (Å²) in [6.45, 7) is 0. The maximum atomic E-state index is 11.9. The number of hydrogen-bond donors (Lipinski definition) is 3. The van der Waals surface area contributed by atoms with Gasteiger partial charge in [-0.25, -0.2) is 4.98 Å². The number of aromatic nitrogens is 3. The van der Waals surface area contributed by atoms with Crippen LogP contribution in [0.2, 0.25) is 0 Å². The maximum absolute atomic E-state index is 11.9. The second kappa shape index (κ2) is 7.25. The molecule has 7 nitrogen and oxygen atoms in total. The summed E-state index contributed by atoms with van der Waals surface area (Å²) >= 11 is 0. The molecule has 7 heteroatoms. The zero-order chi connectivity index (χ0) is 16.9. The van der Waals surface area contributed by atoms with Gasteiger partial charge in [-0.15, -0.1) is 0 Å². The van der Waals surface area contributed by atoms with Crippen molar-refractivity contribution in [3.8, 4) is 11.4 Å². The van der Waals surface area contributed by atoms with E-state index in [1.54, 1.807) is 0 Å². The summed E-state index contributed by atoms with van der Waals surface area (Å²) in [5.41, 5.74) is 1.54. The van der Waals surface area contributed by atoms with Crippen molar-refractivity contribution < 1.29 is 14.7 Å². The van der Waals surface area contributed by atoms with E-state index >= 15 is 0 Å². The van der Waals surface area contributed by atoms with E-state index in [0.29, 0.717) is 36.7 Å². The van der Waals surface area contributed by atoms with Crippen LogP contribution in [-0.4, -0.2) is 32.2 Å². The molecule has 126 valence electrons. The molecule has 1 fully saturated rings. The fraction of sp³-hybridized carbons (Fsp3) is 0.412. The van der Waals surface area contributed by atoms with Crippen LogP contribution in [0.1, 0.15) is 50.3 Å². The van der Waals surface area contributed by atoms with Crippen molar-refractivity contribution >= 4 is 17.6 Å². The number of anilines is 1. The molecular formula is C17H20N4O3. The Morgan fingerprint density at radius 2 is 2.04 bits per heavy atom. The Bertz CT molecular complexity index is 737. The molecular weight excluding hydrogens is 308 g/mol. The number of H-pyrrole nitrogens is 1. The summed E-state index contributed by atoms with van der Waals surface area (Å²) in [7, 11) is 0. The molecule has 3 rings (SSSR count). The molecule has 0 unspecified atom stereocenters. The van der Waals surface area contributed by atoms with Gasteiger partial charge in [0.15, 0.2) is 5.82 Å². The molecule has 1 heterocycles. The average molecular weight is 328 g/mol. The van der Waals surface area contributed by atoms with Crippen molar-refractivity contribution in [3.05, 3.63) is 30.1 Å².